The lowest BCUT2D eigenvalue weighted by atomic mass is 9.39. The molecule has 1 heterocycles. The maximum Gasteiger partial charge on any atom is 0.0261 e. The molecule has 0 amide bonds. The van der Waals surface area contributed by atoms with Crippen LogP contribution in [-0.4, -0.2) is 12.1 Å². The van der Waals surface area contributed by atoms with Crippen LogP contribution in [0.4, 0.5) is 0 Å². The van der Waals surface area contributed by atoms with Crippen LogP contribution in [-0.2, 0) is 0 Å². The fraction of sp³-hybridized carbons (Fsp3) is 1.00. The van der Waals surface area contributed by atoms with Crippen molar-refractivity contribution in [2.24, 2.45) is 23.7 Å². The highest BCUT2D eigenvalue weighted by atomic mass is 15.2. The number of nitrogens with one attached hydrogen (secondary N) is 1. The van der Waals surface area contributed by atoms with Crippen molar-refractivity contribution >= 4 is 0 Å². The molecule has 1 saturated heterocycles. The van der Waals surface area contributed by atoms with Gasteiger partial charge in [-0.15, -0.1) is 0 Å². The minimum atomic E-state index is 1.02. The molecular weight excluding hydrogens is 110 g/mol. The van der Waals surface area contributed by atoms with E-state index in [2.05, 4.69) is 5.32 Å². The summed E-state index contributed by atoms with van der Waals surface area (Å²) in [6, 6.07) is 2.05. The lowest BCUT2D eigenvalue weighted by molar-refractivity contribution is -0.138. The van der Waals surface area contributed by atoms with Crippen molar-refractivity contribution in [1.82, 2.24) is 5.32 Å². The van der Waals surface area contributed by atoms with Gasteiger partial charge in [-0.05, 0) is 36.5 Å². The second kappa shape index (κ2) is 0.878. The van der Waals surface area contributed by atoms with Crippen molar-refractivity contribution in [3.63, 3.8) is 0 Å². The predicted octanol–water partition coefficient (Wildman–Crippen LogP) is 0.613. The first kappa shape index (κ1) is 3.97. The second-order valence-corrected chi connectivity index (χ2v) is 4.28. The molecule has 0 aromatic rings. The average Bonchev–Trinajstić information content (AvgIpc) is 2.49. The Balaban J connectivity index is 1.77. The average molecular weight is 121 g/mol. The number of hydrogen-bond donors (Lipinski definition) is 1. The van der Waals surface area contributed by atoms with Crippen LogP contribution in [0.25, 0.3) is 0 Å². The zero-order valence-electron chi connectivity index (χ0n) is 5.38. The van der Waals surface area contributed by atoms with E-state index < -0.39 is 0 Å². The van der Waals surface area contributed by atoms with E-state index in [4.69, 9.17) is 0 Å². The molecule has 48 valence electrons. The molecule has 1 heteroatoms. The third-order valence-electron chi connectivity index (χ3n) is 4.31. The van der Waals surface area contributed by atoms with Crippen LogP contribution >= 0.6 is 0 Å². The Hall–Kier alpha value is -0.0400. The van der Waals surface area contributed by atoms with E-state index >= 15 is 0 Å². The Kier molecular flexibility index (Phi) is 0.387. The van der Waals surface area contributed by atoms with E-state index in [0.717, 1.165) is 12.1 Å². The Morgan fingerprint density at radius 3 is 1.89 bits per heavy atom. The maximum absolute atomic E-state index is 3.57. The summed E-state index contributed by atoms with van der Waals surface area (Å²) in [5.41, 5.74) is 0. The molecule has 1 aliphatic heterocycles. The van der Waals surface area contributed by atoms with Crippen molar-refractivity contribution in [3.05, 3.63) is 0 Å². The number of hydrogen-bond acceptors (Lipinski definition) is 1. The van der Waals surface area contributed by atoms with Gasteiger partial charge >= 0.3 is 0 Å². The first-order valence-electron chi connectivity index (χ1n) is 4.23. The third-order valence-corrected chi connectivity index (χ3v) is 4.31. The Morgan fingerprint density at radius 2 is 1.44 bits per heavy atom. The van der Waals surface area contributed by atoms with Gasteiger partial charge in [0, 0.05) is 12.1 Å². The molecule has 3 saturated carbocycles. The fourth-order valence-corrected chi connectivity index (χ4v) is 3.67. The van der Waals surface area contributed by atoms with E-state index in [1.165, 1.54) is 23.7 Å². The van der Waals surface area contributed by atoms with Crippen molar-refractivity contribution < 1.29 is 0 Å². The van der Waals surface area contributed by atoms with Crippen molar-refractivity contribution in [2.45, 2.75) is 24.9 Å². The molecule has 4 aliphatic rings. The van der Waals surface area contributed by atoms with Crippen LogP contribution in [0.1, 0.15) is 12.8 Å². The van der Waals surface area contributed by atoms with Gasteiger partial charge in [0.15, 0.2) is 0 Å². The van der Waals surface area contributed by atoms with Crippen molar-refractivity contribution in [2.75, 3.05) is 0 Å². The third kappa shape index (κ3) is 0.231. The number of fused-ring (bicyclic) bond motifs is 7. The van der Waals surface area contributed by atoms with Gasteiger partial charge in [0.05, 0.1) is 0 Å². The first-order valence-corrected chi connectivity index (χ1v) is 4.23. The van der Waals surface area contributed by atoms with Gasteiger partial charge in [0.25, 0.3) is 0 Å². The van der Waals surface area contributed by atoms with Gasteiger partial charge in [-0.25, -0.2) is 0 Å². The summed E-state index contributed by atoms with van der Waals surface area (Å²) in [5.74, 6) is 4.75. The fourth-order valence-electron chi connectivity index (χ4n) is 3.67. The molecule has 4 fully saturated rings. The van der Waals surface area contributed by atoms with E-state index in [1.807, 2.05) is 0 Å². The highest BCUT2D eigenvalue weighted by Crippen LogP contribution is 2.71. The zero-order chi connectivity index (χ0) is 5.59. The van der Waals surface area contributed by atoms with E-state index in [9.17, 15) is 0 Å². The van der Waals surface area contributed by atoms with Crippen LogP contribution < -0.4 is 5.32 Å². The molecule has 4 rings (SSSR count). The van der Waals surface area contributed by atoms with Gasteiger partial charge in [-0.2, -0.15) is 0 Å². The van der Waals surface area contributed by atoms with Crippen LogP contribution in [0.5, 0.6) is 0 Å². The van der Waals surface area contributed by atoms with E-state index in [0.29, 0.717) is 0 Å². The monoisotopic (exact) mass is 121 g/mol. The number of rotatable bonds is 0. The van der Waals surface area contributed by atoms with Crippen LogP contribution in [0.15, 0.2) is 0 Å². The van der Waals surface area contributed by atoms with Gasteiger partial charge < -0.3 is 5.32 Å². The molecular formula is C8H11N. The molecule has 6 atom stereocenters. The topological polar surface area (TPSA) is 21.9 Å². The van der Waals surface area contributed by atoms with Crippen LogP contribution in [0.3, 0.4) is 0 Å². The minimum absolute atomic E-state index is 1.02. The van der Waals surface area contributed by atoms with Crippen molar-refractivity contribution in [3.8, 4) is 0 Å². The van der Waals surface area contributed by atoms with Gasteiger partial charge in [-0.1, -0.05) is 0 Å². The summed E-state index contributed by atoms with van der Waals surface area (Å²) in [4.78, 5) is 0. The summed E-state index contributed by atoms with van der Waals surface area (Å²) in [5, 5.41) is 3.57. The normalized spacial score (nSPS) is 80.0. The molecule has 0 aromatic heterocycles. The Labute approximate surface area is 54.8 Å². The minimum Gasteiger partial charge on any atom is -0.308 e. The standard InChI is InChI=1S/C8H11N/c1-2-4-3(1)5-6(4)8-7(5)9-8/h3-9H,1-2H2. The predicted molar refractivity (Wildman–Crippen MR) is 33.9 cm³/mol. The Morgan fingerprint density at radius 1 is 0.889 bits per heavy atom. The van der Waals surface area contributed by atoms with Crippen LogP contribution in [0, 0.1) is 23.7 Å². The molecule has 0 aromatic carbocycles. The van der Waals surface area contributed by atoms with Crippen LogP contribution in [0.2, 0.25) is 0 Å². The SMILES string of the molecule is C1CC2C1C1C3NC3C21. The molecule has 9 heavy (non-hydrogen) atoms. The van der Waals surface area contributed by atoms with Gasteiger partial charge in [0.2, 0.25) is 0 Å². The summed E-state index contributed by atoms with van der Waals surface area (Å²) in [6.45, 7) is 0. The highest BCUT2D eigenvalue weighted by Gasteiger charge is 2.75. The zero-order valence-corrected chi connectivity index (χ0v) is 5.38. The summed E-state index contributed by atoms with van der Waals surface area (Å²) in [6.07, 6.45) is 3.13. The van der Waals surface area contributed by atoms with Crippen molar-refractivity contribution in [1.29, 1.82) is 0 Å². The largest absolute Gasteiger partial charge is 0.308 e. The highest BCUT2D eigenvalue weighted by molar-refractivity contribution is 5.30. The summed E-state index contributed by atoms with van der Waals surface area (Å²) in [7, 11) is 0. The molecule has 0 bridgehead atoms. The molecule has 0 radical (unpaired) electrons. The Bertz CT molecular complexity index is 169. The lowest BCUT2D eigenvalue weighted by Gasteiger charge is -2.64. The lowest BCUT2D eigenvalue weighted by Crippen LogP contribution is -2.63. The molecule has 3 aliphatic carbocycles. The van der Waals surface area contributed by atoms with Gasteiger partial charge in [0.1, 0.15) is 0 Å². The van der Waals surface area contributed by atoms with E-state index in [-0.39, 0.29) is 0 Å². The molecule has 1 nitrogen and oxygen atoms in total. The quantitative estimate of drug-likeness (QED) is 0.466. The summed E-state index contributed by atoms with van der Waals surface area (Å²) >= 11 is 0. The van der Waals surface area contributed by atoms with E-state index in [1.54, 1.807) is 12.8 Å². The molecule has 6 unspecified atom stereocenters. The van der Waals surface area contributed by atoms with Gasteiger partial charge in [-0.3, -0.25) is 0 Å². The molecule has 0 spiro atoms. The summed E-state index contributed by atoms with van der Waals surface area (Å²) < 4.78 is 0. The second-order valence-electron chi connectivity index (χ2n) is 4.28. The smallest absolute Gasteiger partial charge is 0.0261 e. The first-order chi connectivity index (χ1) is 4.47. The maximum atomic E-state index is 3.57. The molecule has 1 N–H and O–H groups in total.